The molecule has 0 aromatic heterocycles. The lowest BCUT2D eigenvalue weighted by atomic mass is 10.1. The highest BCUT2D eigenvalue weighted by molar-refractivity contribution is 7.99. The number of thioether (sulfide) groups is 1. The van der Waals surface area contributed by atoms with Gasteiger partial charge in [0.2, 0.25) is 0 Å². The number of quaternary nitrogens is 1. The quantitative estimate of drug-likeness (QED) is 0.674. The van der Waals surface area contributed by atoms with Crippen molar-refractivity contribution in [1.29, 1.82) is 0 Å². The van der Waals surface area contributed by atoms with Gasteiger partial charge in [-0.3, -0.25) is 9.69 Å². The summed E-state index contributed by atoms with van der Waals surface area (Å²) in [5.74, 6) is 1.24. The Morgan fingerprint density at radius 1 is 1.16 bits per heavy atom. The second-order valence-corrected chi connectivity index (χ2v) is 9.70. The monoisotopic (exact) mass is 474 g/mol. The number of urea groups is 1. The van der Waals surface area contributed by atoms with Crippen molar-refractivity contribution >= 4 is 41.0 Å². The average Bonchev–Trinajstić information content (AvgIpc) is 3.35. The van der Waals surface area contributed by atoms with Gasteiger partial charge in [0.1, 0.15) is 36.8 Å². The molecule has 0 bridgehead atoms. The Bertz CT molecular complexity index is 1030. The normalized spacial score (nSPS) is 23.7. The number of nitrogens with one attached hydrogen (secondary N) is 1. The van der Waals surface area contributed by atoms with Gasteiger partial charge in [-0.1, -0.05) is 17.7 Å². The molecule has 5 rings (SSSR count). The number of nitrogens with zero attached hydrogens (tertiary/aromatic N) is 2. The number of amides is 3. The molecule has 168 valence electrons. The predicted molar refractivity (Wildman–Crippen MR) is 123 cm³/mol. The number of methoxy groups -OCH3 is 1. The molecule has 3 aliphatic heterocycles. The smallest absolute Gasteiger partial charge is 0.333 e. The Labute approximate surface area is 196 Å². The number of fused-ring (bicyclic) bond motifs is 1. The molecule has 7 nitrogen and oxygen atoms in total. The lowest BCUT2D eigenvalue weighted by Gasteiger charge is -2.26. The van der Waals surface area contributed by atoms with Crippen molar-refractivity contribution in [3.8, 4) is 5.75 Å². The van der Waals surface area contributed by atoms with E-state index < -0.39 is 6.04 Å². The summed E-state index contributed by atoms with van der Waals surface area (Å²) < 4.78 is 11.1. The molecular weight excluding hydrogens is 450 g/mol. The number of carbonyl (C=O) groups excluding carboxylic acids is 2. The highest BCUT2D eigenvalue weighted by atomic mass is 35.5. The lowest BCUT2D eigenvalue weighted by Crippen LogP contribution is -3.12. The molecule has 0 aliphatic carbocycles. The van der Waals surface area contributed by atoms with Gasteiger partial charge in [-0.2, -0.15) is 0 Å². The number of imide groups is 1. The molecule has 3 aliphatic rings. The van der Waals surface area contributed by atoms with Crippen LogP contribution < -0.4 is 14.5 Å². The topological polar surface area (TPSA) is 63.5 Å². The van der Waals surface area contributed by atoms with E-state index >= 15 is 0 Å². The maximum atomic E-state index is 13.3. The number of hydrogen-bond donors (Lipinski definition) is 1. The molecule has 32 heavy (non-hydrogen) atoms. The highest BCUT2D eigenvalue weighted by Crippen LogP contribution is 2.46. The number of ether oxygens (including phenoxy) is 2. The lowest BCUT2D eigenvalue weighted by molar-refractivity contribution is -0.921. The van der Waals surface area contributed by atoms with Crippen LogP contribution >= 0.6 is 23.4 Å². The summed E-state index contributed by atoms with van der Waals surface area (Å²) in [6, 6.07) is 12.2. The Morgan fingerprint density at radius 3 is 2.62 bits per heavy atom. The maximum Gasteiger partial charge on any atom is 0.333 e. The fourth-order valence-electron chi connectivity index (χ4n) is 4.57. The fraction of sp³-hybridized carbons (Fsp3) is 0.391. The largest absolute Gasteiger partial charge is 0.496 e. The molecule has 2 atom stereocenters. The summed E-state index contributed by atoms with van der Waals surface area (Å²) in [5, 5.41) is 0.355. The van der Waals surface area contributed by atoms with Crippen molar-refractivity contribution in [2.24, 2.45) is 0 Å². The summed E-state index contributed by atoms with van der Waals surface area (Å²) in [7, 11) is 1.68. The van der Waals surface area contributed by atoms with Crippen molar-refractivity contribution in [3.63, 3.8) is 0 Å². The van der Waals surface area contributed by atoms with E-state index in [1.165, 1.54) is 9.80 Å². The molecule has 9 heteroatoms. The highest BCUT2D eigenvalue weighted by Gasteiger charge is 2.53. The van der Waals surface area contributed by atoms with Gasteiger partial charge in [0, 0.05) is 16.3 Å². The van der Waals surface area contributed by atoms with Crippen molar-refractivity contribution < 1.29 is 24.0 Å². The minimum absolute atomic E-state index is 0.182. The van der Waals surface area contributed by atoms with Gasteiger partial charge in [-0.25, -0.2) is 9.69 Å². The second-order valence-electron chi connectivity index (χ2n) is 8.15. The first kappa shape index (κ1) is 21.6. The molecule has 3 saturated heterocycles. The third-order valence-corrected chi connectivity index (χ3v) is 7.81. The van der Waals surface area contributed by atoms with Crippen molar-refractivity contribution in [1.82, 2.24) is 4.90 Å². The molecule has 0 radical (unpaired) electrons. The van der Waals surface area contributed by atoms with Crippen LogP contribution in [0.25, 0.3) is 0 Å². The van der Waals surface area contributed by atoms with Gasteiger partial charge in [0.25, 0.3) is 5.91 Å². The van der Waals surface area contributed by atoms with E-state index in [0.717, 1.165) is 49.7 Å². The number of carbonyl (C=O) groups is 2. The molecule has 3 fully saturated rings. The van der Waals surface area contributed by atoms with E-state index in [2.05, 4.69) is 6.07 Å². The van der Waals surface area contributed by atoms with Crippen molar-refractivity contribution in [3.05, 3.63) is 58.6 Å². The first-order chi connectivity index (χ1) is 15.6. The molecule has 0 saturated carbocycles. The fourth-order valence-corrected chi connectivity index (χ4v) is 6.10. The Kier molecular flexibility index (Phi) is 6.03. The molecule has 2 aromatic carbocycles. The van der Waals surface area contributed by atoms with Gasteiger partial charge in [-0.05, 0) is 42.0 Å². The van der Waals surface area contributed by atoms with Gasteiger partial charge in [-0.15, -0.1) is 11.8 Å². The summed E-state index contributed by atoms with van der Waals surface area (Å²) in [4.78, 5) is 30.8. The number of rotatable bonds is 5. The molecule has 0 spiro atoms. The van der Waals surface area contributed by atoms with E-state index in [0.29, 0.717) is 16.5 Å². The van der Waals surface area contributed by atoms with E-state index in [4.69, 9.17) is 21.1 Å². The first-order valence-electron chi connectivity index (χ1n) is 10.7. The zero-order chi connectivity index (χ0) is 22.2. The molecule has 0 unspecified atom stereocenters. The van der Waals surface area contributed by atoms with Crippen LogP contribution in [0.2, 0.25) is 5.02 Å². The van der Waals surface area contributed by atoms with Crippen LogP contribution in [0.4, 0.5) is 10.5 Å². The molecule has 1 N–H and O–H groups in total. The first-order valence-corrected chi connectivity index (χ1v) is 12.1. The number of benzene rings is 2. The van der Waals surface area contributed by atoms with Gasteiger partial charge in [0.15, 0.2) is 0 Å². The number of anilines is 1. The summed E-state index contributed by atoms with van der Waals surface area (Å²) >= 11 is 7.61. The Balaban J connectivity index is 1.42. The molecule has 3 heterocycles. The second kappa shape index (κ2) is 8.94. The van der Waals surface area contributed by atoms with E-state index in [1.807, 2.05) is 12.1 Å². The molecular formula is C23H25ClN3O4S+. The summed E-state index contributed by atoms with van der Waals surface area (Å²) in [6.07, 6.45) is 0. The zero-order valence-corrected chi connectivity index (χ0v) is 19.3. The third kappa shape index (κ3) is 3.85. The SMILES string of the molecule is COc1ccc([C@@H]2SC[C@H]3C(=O)N(c4ccc(Cl)cc4)C(=O)N32)cc1C[NH+]1CCOCC1. The van der Waals surface area contributed by atoms with Crippen LogP contribution in [0.5, 0.6) is 5.75 Å². The van der Waals surface area contributed by atoms with Crippen LogP contribution in [0, 0.1) is 0 Å². The summed E-state index contributed by atoms with van der Waals surface area (Å²) in [6.45, 7) is 4.29. The van der Waals surface area contributed by atoms with Gasteiger partial charge in [0.05, 0.1) is 26.0 Å². The van der Waals surface area contributed by atoms with Crippen LogP contribution in [0.1, 0.15) is 16.5 Å². The van der Waals surface area contributed by atoms with Gasteiger partial charge >= 0.3 is 6.03 Å². The average molecular weight is 475 g/mol. The van der Waals surface area contributed by atoms with E-state index in [9.17, 15) is 9.59 Å². The Hall–Kier alpha value is -2.26. The van der Waals surface area contributed by atoms with Crippen LogP contribution in [0.3, 0.4) is 0 Å². The minimum Gasteiger partial charge on any atom is -0.496 e. The van der Waals surface area contributed by atoms with E-state index in [1.54, 1.807) is 48.0 Å². The minimum atomic E-state index is -0.455. The maximum absolute atomic E-state index is 13.3. The zero-order valence-electron chi connectivity index (χ0n) is 17.8. The predicted octanol–water partition coefficient (Wildman–Crippen LogP) is 2.35. The number of halogens is 1. The van der Waals surface area contributed by atoms with Crippen molar-refractivity contribution in [2.75, 3.05) is 44.1 Å². The van der Waals surface area contributed by atoms with Crippen LogP contribution in [-0.4, -0.2) is 62.0 Å². The molecule has 2 aromatic rings. The third-order valence-electron chi connectivity index (χ3n) is 6.23. The van der Waals surface area contributed by atoms with Gasteiger partial charge < -0.3 is 14.4 Å². The number of hydrogen-bond acceptors (Lipinski definition) is 5. The number of morpholine rings is 1. The van der Waals surface area contributed by atoms with Crippen molar-refractivity contribution in [2.45, 2.75) is 18.0 Å². The standard InChI is InChI=1S/C23H24ClN3O4S/c1-30-20-7-2-15(12-16(20)13-25-8-10-31-11-9-25)22-27-19(14-32-22)21(28)26(23(27)29)18-5-3-17(24)4-6-18/h2-7,12,19,22H,8-11,13-14H2,1H3/p+1/t19-,22-/m0/s1. The van der Waals surface area contributed by atoms with E-state index in [-0.39, 0.29) is 17.3 Å². The molecule has 3 amide bonds. The van der Waals surface area contributed by atoms with Crippen LogP contribution in [0.15, 0.2) is 42.5 Å². The Morgan fingerprint density at radius 2 is 1.91 bits per heavy atom. The van der Waals surface area contributed by atoms with Crippen LogP contribution in [-0.2, 0) is 16.1 Å². The summed E-state index contributed by atoms with van der Waals surface area (Å²) in [5.41, 5.74) is 2.67.